The minimum Gasteiger partial charge on any atom is -0.319 e. The summed E-state index contributed by atoms with van der Waals surface area (Å²) < 4.78 is 0. The Balaban J connectivity index is 2.41. The summed E-state index contributed by atoms with van der Waals surface area (Å²) in [4.78, 5) is 2.57. The predicted molar refractivity (Wildman–Crippen MR) is 81.0 cm³/mol. The van der Waals surface area contributed by atoms with E-state index in [1.165, 1.54) is 64.6 Å². The Kier molecular flexibility index (Phi) is 7.25. The van der Waals surface area contributed by atoms with E-state index in [2.05, 4.69) is 38.2 Å². The molecule has 0 unspecified atom stereocenters. The molecule has 0 heterocycles. The first kappa shape index (κ1) is 16.0. The second-order valence-corrected chi connectivity index (χ2v) is 6.66. The molecular formula is C16H34N2. The highest BCUT2D eigenvalue weighted by atomic mass is 15.1. The molecule has 2 heteroatoms. The third-order valence-corrected chi connectivity index (χ3v) is 4.64. The van der Waals surface area contributed by atoms with E-state index < -0.39 is 0 Å². The fourth-order valence-electron chi connectivity index (χ4n) is 3.42. The first-order valence-corrected chi connectivity index (χ1v) is 7.95. The molecule has 0 aromatic heterocycles. The fourth-order valence-corrected chi connectivity index (χ4v) is 3.42. The predicted octanol–water partition coefficient (Wildman–Crippen LogP) is 3.52. The van der Waals surface area contributed by atoms with Crippen molar-refractivity contribution in [3.05, 3.63) is 0 Å². The molecule has 0 saturated heterocycles. The first-order valence-electron chi connectivity index (χ1n) is 7.95. The molecule has 0 bridgehead atoms. The molecule has 1 fully saturated rings. The zero-order valence-electron chi connectivity index (χ0n) is 13.1. The van der Waals surface area contributed by atoms with Crippen molar-refractivity contribution in [2.75, 3.05) is 33.7 Å². The maximum Gasteiger partial charge on any atom is 0.00471 e. The van der Waals surface area contributed by atoms with Gasteiger partial charge in [0.1, 0.15) is 0 Å². The van der Waals surface area contributed by atoms with Crippen LogP contribution in [0.15, 0.2) is 0 Å². The molecule has 1 rings (SSSR count). The van der Waals surface area contributed by atoms with Crippen molar-refractivity contribution >= 4 is 0 Å². The summed E-state index contributed by atoms with van der Waals surface area (Å²) in [6.45, 7) is 8.44. The maximum absolute atomic E-state index is 3.44. The zero-order chi connectivity index (χ0) is 13.4. The molecule has 108 valence electrons. The third kappa shape index (κ3) is 5.27. The molecule has 0 amide bonds. The Morgan fingerprint density at radius 2 is 1.89 bits per heavy atom. The van der Waals surface area contributed by atoms with Crippen molar-refractivity contribution in [3.8, 4) is 0 Å². The van der Waals surface area contributed by atoms with Crippen molar-refractivity contribution in [1.29, 1.82) is 0 Å². The Morgan fingerprint density at radius 3 is 2.44 bits per heavy atom. The average molecular weight is 254 g/mol. The van der Waals surface area contributed by atoms with Gasteiger partial charge in [-0.2, -0.15) is 0 Å². The molecule has 1 aliphatic rings. The average Bonchev–Trinajstić information content (AvgIpc) is 2.34. The van der Waals surface area contributed by atoms with Gasteiger partial charge in [0.25, 0.3) is 0 Å². The van der Waals surface area contributed by atoms with E-state index in [9.17, 15) is 0 Å². The van der Waals surface area contributed by atoms with Gasteiger partial charge in [-0.3, -0.25) is 0 Å². The van der Waals surface area contributed by atoms with Gasteiger partial charge in [0.2, 0.25) is 0 Å². The maximum atomic E-state index is 3.44. The largest absolute Gasteiger partial charge is 0.319 e. The lowest BCUT2D eigenvalue weighted by atomic mass is 9.70. The van der Waals surface area contributed by atoms with Gasteiger partial charge >= 0.3 is 0 Å². The smallest absolute Gasteiger partial charge is 0.00471 e. The molecule has 0 aliphatic heterocycles. The van der Waals surface area contributed by atoms with Gasteiger partial charge in [0.05, 0.1) is 0 Å². The van der Waals surface area contributed by atoms with Crippen molar-refractivity contribution < 1.29 is 0 Å². The number of rotatable bonds is 8. The van der Waals surface area contributed by atoms with E-state index in [-0.39, 0.29) is 0 Å². The molecule has 1 saturated carbocycles. The third-order valence-electron chi connectivity index (χ3n) is 4.64. The minimum atomic E-state index is 0.544. The van der Waals surface area contributed by atoms with Gasteiger partial charge in [0, 0.05) is 13.1 Å². The highest BCUT2D eigenvalue weighted by Crippen LogP contribution is 2.38. The summed E-state index contributed by atoms with van der Waals surface area (Å²) in [5.41, 5.74) is 0.544. The van der Waals surface area contributed by atoms with Crippen LogP contribution in [0, 0.1) is 11.3 Å². The quantitative estimate of drug-likeness (QED) is 0.667. The Labute approximate surface area is 115 Å². The minimum absolute atomic E-state index is 0.544. The Bertz CT molecular complexity index is 207. The van der Waals surface area contributed by atoms with Crippen LogP contribution in [0.1, 0.15) is 58.8 Å². The highest BCUT2D eigenvalue weighted by Gasteiger charge is 2.34. The van der Waals surface area contributed by atoms with Crippen molar-refractivity contribution in [2.45, 2.75) is 58.8 Å². The summed E-state index contributed by atoms with van der Waals surface area (Å²) in [6.07, 6.45) is 9.72. The molecule has 18 heavy (non-hydrogen) atoms. The number of unbranched alkanes of at least 4 members (excludes halogenated alkanes) is 2. The van der Waals surface area contributed by atoms with E-state index in [0.29, 0.717) is 5.41 Å². The standard InChI is InChI=1S/C16H34N2/c1-5-6-7-12-18(4)14-16(13-17-3)10-8-15(2)9-11-16/h15,17H,5-14H2,1-4H3. The van der Waals surface area contributed by atoms with Crippen molar-refractivity contribution in [3.63, 3.8) is 0 Å². The number of hydrogen-bond donors (Lipinski definition) is 1. The molecular weight excluding hydrogens is 220 g/mol. The van der Waals surface area contributed by atoms with E-state index in [0.717, 1.165) is 5.92 Å². The summed E-state index contributed by atoms with van der Waals surface area (Å²) >= 11 is 0. The molecule has 2 nitrogen and oxygen atoms in total. The summed E-state index contributed by atoms with van der Waals surface area (Å²) in [6, 6.07) is 0. The lowest BCUT2D eigenvalue weighted by Gasteiger charge is -2.42. The summed E-state index contributed by atoms with van der Waals surface area (Å²) in [5, 5.41) is 3.44. The molecule has 0 spiro atoms. The molecule has 0 aromatic carbocycles. The fraction of sp³-hybridized carbons (Fsp3) is 1.00. The van der Waals surface area contributed by atoms with Gasteiger partial charge in [-0.15, -0.1) is 0 Å². The van der Waals surface area contributed by atoms with Crippen LogP contribution in [0.4, 0.5) is 0 Å². The number of hydrogen-bond acceptors (Lipinski definition) is 2. The second kappa shape index (κ2) is 8.16. The van der Waals surface area contributed by atoms with E-state index in [1.54, 1.807) is 0 Å². The van der Waals surface area contributed by atoms with Crippen LogP contribution >= 0.6 is 0 Å². The van der Waals surface area contributed by atoms with Gasteiger partial charge in [-0.1, -0.05) is 39.5 Å². The molecule has 1 aliphatic carbocycles. The first-order chi connectivity index (χ1) is 8.62. The van der Waals surface area contributed by atoms with Crippen molar-refractivity contribution in [2.24, 2.45) is 11.3 Å². The molecule has 0 radical (unpaired) electrons. The van der Waals surface area contributed by atoms with Crippen LogP contribution in [0.3, 0.4) is 0 Å². The lowest BCUT2D eigenvalue weighted by Crippen LogP contribution is -2.44. The number of nitrogens with one attached hydrogen (secondary N) is 1. The Hall–Kier alpha value is -0.0800. The topological polar surface area (TPSA) is 15.3 Å². The molecule has 1 N–H and O–H groups in total. The van der Waals surface area contributed by atoms with Crippen LogP contribution in [0.5, 0.6) is 0 Å². The summed E-state index contributed by atoms with van der Waals surface area (Å²) in [7, 11) is 4.42. The normalized spacial score (nSPS) is 28.8. The monoisotopic (exact) mass is 254 g/mol. The molecule has 0 aromatic rings. The van der Waals surface area contributed by atoms with Crippen LogP contribution in [0.25, 0.3) is 0 Å². The number of nitrogens with zero attached hydrogens (tertiary/aromatic N) is 1. The zero-order valence-corrected chi connectivity index (χ0v) is 13.1. The summed E-state index contributed by atoms with van der Waals surface area (Å²) in [5.74, 6) is 0.945. The highest BCUT2D eigenvalue weighted by molar-refractivity contribution is 4.88. The van der Waals surface area contributed by atoms with Crippen LogP contribution in [-0.4, -0.2) is 38.6 Å². The Morgan fingerprint density at radius 1 is 1.22 bits per heavy atom. The van der Waals surface area contributed by atoms with Gasteiger partial charge in [-0.05, 0) is 51.2 Å². The molecule has 0 atom stereocenters. The second-order valence-electron chi connectivity index (χ2n) is 6.66. The van der Waals surface area contributed by atoms with Crippen LogP contribution in [0.2, 0.25) is 0 Å². The van der Waals surface area contributed by atoms with E-state index in [1.807, 2.05) is 0 Å². The van der Waals surface area contributed by atoms with Gasteiger partial charge in [-0.25, -0.2) is 0 Å². The van der Waals surface area contributed by atoms with Gasteiger partial charge < -0.3 is 10.2 Å². The van der Waals surface area contributed by atoms with Gasteiger partial charge in [0.15, 0.2) is 0 Å². The van der Waals surface area contributed by atoms with Crippen molar-refractivity contribution in [1.82, 2.24) is 10.2 Å². The van der Waals surface area contributed by atoms with E-state index in [4.69, 9.17) is 0 Å². The lowest BCUT2D eigenvalue weighted by molar-refractivity contribution is 0.100. The van der Waals surface area contributed by atoms with Crippen LogP contribution in [-0.2, 0) is 0 Å². The SMILES string of the molecule is CCCCCN(C)CC1(CNC)CCC(C)CC1. The van der Waals surface area contributed by atoms with E-state index >= 15 is 0 Å². The van der Waals surface area contributed by atoms with Crippen LogP contribution < -0.4 is 5.32 Å².